The van der Waals surface area contributed by atoms with E-state index in [1.54, 1.807) is 54.6 Å². The second-order valence-corrected chi connectivity index (χ2v) is 11.5. The summed E-state index contributed by atoms with van der Waals surface area (Å²) in [6.07, 6.45) is -3.42. The molecule has 1 aromatic heterocycles. The lowest BCUT2D eigenvalue weighted by Crippen LogP contribution is -2.19. The molecule has 0 bridgehead atoms. The number of para-hydroxylation sites is 1. The zero-order valence-electron chi connectivity index (χ0n) is 22.0. The largest absolute Gasteiger partial charge is 0.421 e. The number of halogens is 6. The number of nitrogens with one attached hydrogen (secondary N) is 2. The minimum absolute atomic E-state index is 0.143. The number of amides is 1. The van der Waals surface area contributed by atoms with Crippen molar-refractivity contribution in [3.63, 3.8) is 0 Å². The van der Waals surface area contributed by atoms with E-state index in [1.807, 2.05) is 13.0 Å². The van der Waals surface area contributed by atoms with Crippen molar-refractivity contribution in [2.24, 2.45) is 5.10 Å². The molecule has 0 unspecified atom stereocenters. The molecular weight excluding hydrogens is 715 g/mol. The highest BCUT2D eigenvalue weighted by Gasteiger charge is 2.35. The number of aryl methyl sites for hydroxylation is 1. The quantitative estimate of drug-likeness (QED) is 0.0790. The number of nitrogens with zero attached hydrogens (tertiary/aromatic N) is 1. The Labute approximate surface area is 265 Å². The van der Waals surface area contributed by atoms with Crippen molar-refractivity contribution in [2.75, 3.05) is 0 Å². The topological polar surface area (TPSA) is 83.5 Å². The van der Waals surface area contributed by atoms with Crippen LogP contribution < -0.4 is 10.2 Å². The van der Waals surface area contributed by atoms with Crippen LogP contribution >= 0.6 is 43.5 Å². The third-order valence-corrected chi connectivity index (χ3v) is 7.74. The number of aromatic amines is 1. The highest BCUT2D eigenvalue weighted by atomic mass is 79.9. The highest BCUT2D eigenvalue weighted by molar-refractivity contribution is 9.11. The van der Waals surface area contributed by atoms with E-state index in [-0.39, 0.29) is 32.9 Å². The predicted octanol–water partition coefficient (Wildman–Crippen LogP) is 9.32. The number of carbonyl (C=O) groups excluding carboxylic acids is 2. The third-order valence-electron chi connectivity index (χ3n) is 6.36. The standard InChI is InChI=1S/C31H19Br2ClF3N3O3/c1-16-6-4-7-17(12-16)30(42)43-28-18(13-19(32)14-23(28)33)15-38-40-29(41)27-25(20-8-2-3-11-24(20)34)21-9-5-10-22(26(21)39-27)31(35,36)37/h2-15,39H,1H3,(H,40,41). The van der Waals surface area contributed by atoms with Crippen molar-refractivity contribution in [1.82, 2.24) is 10.4 Å². The average Bonchev–Trinajstić information content (AvgIpc) is 3.34. The SMILES string of the molecule is Cc1cccc(C(=O)Oc2c(Br)cc(Br)cc2C=NNC(=O)c2[nH]c3c(C(F)(F)F)cccc3c2-c2ccccc2Cl)c1. The second kappa shape index (κ2) is 12.4. The first-order chi connectivity index (χ1) is 20.4. The fourth-order valence-corrected chi connectivity index (χ4v) is 6.06. The highest BCUT2D eigenvalue weighted by Crippen LogP contribution is 2.41. The fraction of sp³-hybridized carbons (Fsp3) is 0.0645. The van der Waals surface area contributed by atoms with Crippen molar-refractivity contribution in [1.29, 1.82) is 0 Å². The number of hydrazone groups is 1. The average molecular weight is 734 g/mol. The molecule has 5 aromatic rings. The summed E-state index contributed by atoms with van der Waals surface area (Å²) in [5.41, 5.74) is 3.10. The molecule has 218 valence electrons. The second-order valence-electron chi connectivity index (χ2n) is 9.34. The van der Waals surface area contributed by atoms with E-state index >= 15 is 0 Å². The molecule has 0 aliphatic carbocycles. The lowest BCUT2D eigenvalue weighted by Gasteiger charge is -2.11. The summed E-state index contributed by atoms with van der Waals surface area (Å²) in [5, 5.41) is 4.43. The molecule has 0 radical (unpaired) electrons. The summed E-state index contributed by atoms with van der Waals surface area (Å²) in [5.74, 6) is -1.28. The number of aromatic nitrogens is 1. The van der Waals surface area contributed by atoms with E-state index in [0.717, 1.165) is 11.6 Å². The van der Waals surface area contributed by atoms with E-state index < -0.39 is 23.6 Å². The molecule has 2 N–H and O–H groups in total. The Balaban J connectivity index is 1.51. The van der Waals surface area contributed by atoms with Crippen LogP contribution in [0.25, 0.3) is 22.0 Å². The summed E-state index contributed by atoms with van der Waals surface area (Å²) in [7, 11) is 0. The molecule has 0 fully saturated rings. The number of hydrogen-bond donors (Lipinski definition) is 2. The molecule has 0 saturated carbocycles. The molecule has 6 nitrogen and oxygen atoms in total. The van der Waals surface area contributed by atoms with Crippen LogP contribution in [0.15, 0.2) is 92.9 Å². The first kappa shape index (κ1) is 30.5. The maximum absolute atomic E-state index is 13.8. The van der Waals surface area contributed by atoms with Crippen molar-refractivity contribution in [2.45, 2.75) is 13.1 Å². The van der Waals surface area contributed by atoms with Gasteiger partial charge in [-0.05, 0) is 59.3 Å². The van der Waals surface area contributed by atoms with Gasteiger partial charge in [0, 0.05) is 31.6 Å². The van der Waals surface area contributed by atoms with Crippen LogP contribution in [0, 0.1) is 6.92 Å². The molecule has 0 aliphatic heterocycles. The van der Waals surface area contributed by atoms with Gasteiger partial charge in [-0.2, -0.15) is 18.3 Å². The van der Waals surface area contributed by atoms with Crippen LogP contribution in [0.2, 0.25) is 5.02 Å². The van der Waals surface area contributed by atoms with E-state index in [9.17, 15) is 22.8 Å². The third kappa shape index (κ3) is 6.53. The van der Waals surface area contributed by atoms with E-state index in [1.165, 1.54) is 18.3 Å². The molecule has 12 heteroatoms. The number of benzene rings is 4. The Morgan fingerprint density at radius 2 is 1.74 bits per heavy atom. The minimum Gasteiger partial charge on any atom is -0.421 e. The molecule has 0 spiro atoms. The normalized spacial score (nSPS) is 11.7. The van der Waals surface area contributed by atoms with E-state index in [2.05, 4.69) is 47.4 Å². The number of fused-ring (bicyclic) bond motifs is 1. The van der Waals surface area contributed by atoms with E-state index in [4.69, 9.17) is 16.3 Å². The lowest BCUT2D eigenvalue weighted by molar-refractivity contribution is -0.136. The van der Waals surface area contributed by atoms with Crippen LogP contribution in [0.4, 0.5) is 13.2 Å². The van der Waals surface area contributed by atoms with Gasteiger partial charge in [0.05, 0.1) is 27.3 Å². The summed E-state index contributed by atoms with van der Waals surface area (Å²) in [6.45, 7) is 1.85. The van der Waals surface area contributed by atoms with Crippen LogP contribution in [-0.2, 0) is 6.18 Å². The van der Waals surface area contributed by atoms with E-state index in [0.29, 0.717) is 25.6 Å². The van der Waals surface area contributed by atoms with Crippen LogP contribution in [-0.4, -0.2) is 23.1 Å². The number of rotatable bonds is 6. The van der Waals surface area contributed by atoms with Gasteiger partial charge < -0.3 is 9.72 Å². The Morgan fingerprint density at radius 1 is 1.00 bits per heavy atom. The molecular formula is C31H19Br2ClF3N3O3. The number of ether oxygens (including phenoxy) is 1. The molecule has 0 saturated heterocycles. The van der Waals surface area contributed by atoms with Gasteiger partial charge in [0.1, 0.15) is 5.69 Å². The first-order valence-corrected chi connectivity index (χ1v) is 14.5. The first-order valence-electron chi connectivity index (χ1n) is 12.5. The van der Waals surface area contributed by atoms with Crippen molar-refractivity contribution < 1.29 is 27.5 Å². The molecule has 1 amide bonds. The Bertz CT molecular complexity index is 1920. The maximum atomic E-state index is 13.8. The van der Waals surface area contributed by atoms with Gasteiger partial charge in [0.2, 0.25) is 0 Å². The smallest absolute Gasteiger partial charge is 0.418 e. The number of carbonyl (C=O) groups is 2. The number of esters is 1. The van der Waals surface area contributed by atoms with Crippen LogP contribution in [0.1, 0.15) is 37.5 Å². The number of H-pyrrole nitrogens is 1. The van der Waals surface area contributed by atoms with Gasteiger partial charge >= 0.3 is 12.1 Å². The Kier molecular flexibility index (Phi) is 8.77. The summed E-state index contributed by atoms with van der Waals surface area (Å²) in [4.78, 5) is 28.9. The van der Waals surface area contributed by atoms with Gasteiger partial charge in [-0.15, -0.1) is 0 Å². The molecule has 0 atom stereocenters. The zero-order valence-corrected chi connectivity index (χ0v) is 26.0. The summed E-state index contributed by atoms with van der Waals surface area (Å²) in [6, 6.07) is 20.4. The van der Waals surface area contributed by atoms with Crippen molar-refractivity contribution in [3.05, 3.63) is 121 Å². The molecule has 43 heavy (non-hydrogen) atoms. The monoisotopic (exact) mass is 731 g/mol. The lowest BCUT2D eigenvalue weighted by atomic mass is 10.00. The van der Waals surface area contributed by atoms with Crippen LogP contribution in [0.3, 0.4) is 0 Å². The molecule has 1 heterocycles. The summed E-state index contributed by atoms with van der Waals surface area (Å²) >= 11 is 13.2. The van der Waals surface area contributed by atoms with Crippen LogP contribution in [0.5, 0.6) is 5.75 Å². The fourth-order valence-electron chi connectivity index (χ4n) is 4.49. The Hall–Kier alpha value is -3.93. The van der Waals surface area contributed by atoms with Gasteiger partial charge in [-0.3, -0.25) is 4.79 Å². The van der Waals surface area contributed by atoms with Crippen molar-refractivity contribution in [3.8, 4) is 16.9 Å². The van der Waals surface area contributed by atoms with Crippen molar-refractivity contribution >= 4 is 72.5 Å². The van der Waals surface area contributed by atoms with Gasteiger partial charge in [0.15, 0.2) is 5.75 Å². The summed E-state index contributed by atoms with van der Waals surface area (Å²) < 4.78 is 48.2. The Morgan fingerprint density at radius 3 is 2.47 bits per heavy atom. The number of hydrogen-bond acceptors (Lipinski definition) is 4. The molecule has 0 aliphatic rings. The minimum atomic E-state index is -4.67. The maximum Gasteiger partial charge on any atom is 0.418 e. The molecule has 5 rings (SSSR count). The van der Waals surface area contributed by atoms with Gasteiger partial charge in [0.25, 0.3) is 5.91 Å². The number of alkyl halides is 3. The molecule has 4 aromatic carbocycles. The van der Waals surface area contributed by atoms with Gasteiger partial charge in [-0.1, -0.05) is 75.6 Å². The predicted molar refractivity (Wildman–Crippen MR) is 167 cm³/mol. The zero-order chi connectivity index (χ0) is 30.9. The van der Waals surface area contributed by atoms with Gasteiger partial charge in [-0.25, -0.2) is 10.2 Å².